The molecule has 1 unspecified atom stereocenters. The molecule has 3 aromatic rings. The second-order valence-electron chi connectivity index (χ2n) is 18.4. The standard InChI is InChI=1S/C46H57F2N9O7/c1-6-34-43(63)54(4)35-22-49-44(52-39(35)57(34)26(2)3)50-33-9-7-27(19-36(33)64-5)40(60)53-46(16-18-58)14-12-45(13-15-46)24-56(25-45)42(62)28-11-17-55(23-28)29-20-31(47)38(32(48)21-29)30-8-10-37(59)51-41(30)61/h7,9,19-22,26,28,30,34,58H,6,8,10-18,23-25H2,1-5H3,(H,53,60)(H,49,50,52)(H,51,59,61)/t28-,30?,34+/m0/s1. The van der Waals surface area contributed by atoms with Gasteiger partial charge in [0.15, 0.2) is 5.82 Å². The third-order valence-corrected chi connectivity index (χ3v) is 14.1. The summed E-state index contributed by atoms with van der Waals surface area (Å²) in [5.74, 6) is -3.24. The van der Waals surface area contributed by atoms with E-state index < -0.39 is 34.9 Å². The number of likely N-dealkylation sites (N-methyl/N-ethyl adjacent to an activating group) is 1. The summed E-state index contributed by atoms with van der Waals surface area (Å²) in [6, 6.07) is 7.14. The van der Waals surface area contributed by atoms with Crippen LogP contribution in [0.3, 0.4) is 0 Å². The van der Waals surface area contributed by atoms with Crippen LogP contribution in [0.15, 0.2) is 36.5 Å². The number of anilines is 5. The summed E-state index contributed by atoms with van der Waals surface area (Å²) >= 11 is 0. The highest BCUT2D eigenvalue weighted by Crippen LogP contribution is 2.49. The quantitative estimate of drug-likeness (QED) is 0.183. The van der Waals surface area contributed by atoms with Gasteiger partial charge in [-0.1, -0.05) is 6.92 Å². The predicted octanol–water partition coefficient (Wildman–Crippen LogP) is 4.78. The Balaban J connectivity index is 0.865. The zero-order valence-electron chi connectivity index (χ0n) is 37.0. The first-order valence-corrected chi connectivity index (χ1v) is 22.3. The number of amides is 5. The molecule has 1 saturated carbocycles. The lowest BCUT2D eigenvalue weighted by molar-refractivity contribution is -0.150. The molecule has 2 aromatic carbocycles. The zero-order chi connectivity index (χ0) is 45.7. The molecule has 0 bridgehead atoms. The summed E-state index contributed by atoms with van der Waals surface area (Å²) in [5, 5.41) is 18.8. The Morgan fingerprint density at radius 1 is 1.05 bits per heavy atom. The van der Waals surface area contributed by atoms with Crippen LogP contribution in [0.4, 0.5) is 37.6 Å². The first-order chi connectivity index (χ1) is 30.6. The molecule has 1 aliphatic carbocycles. The highest BCUT2D eigenvalue weighted by molar-refractivity contribution is 6.04. The number of benzene rings is 2. The summed E-state index contributed by atoms with van der Waals surface area (Å²) < 4.78 is 36.3. The third-order valence-electron chi connectivity index (χ3n) is 14.1. The van der Waals surface area contributed by atoms with E-state index in [4.69, 9.17) is 9.72 Å². The zero-order valence-corrected chi connectivity index (χ0v) is 37.0. The molecule has 3 atom stereocenters. The molecule has 1 spiro atoms. The van der Waals surface area contributed by atoms with E-state index >= 15 is 8.78 Å². The number of rotatable bonds is 12. The summed E-state index contributed by atoms with van der Waals surface area (Å²) in [6.45, 7) is 7.84. The first kappa shape index (κ1) is 44.7. The Hall–Kier alpha value is -5.91. The van der Waals surface area contributed by atoms with Crippen LogP contribution < -0.4 is 35.4 Å². The van der Waals surface area contributed by atoms with E-state index in [9.17, 15) is 29.1 Å². The van der Waals surface area contributed by atoms with Crippen LogP contribution in [0, 0.1) is 23.0 Å². The molecule has 5 amide bonds. The van der Waals surface area contributed by atoms with E-state index in [1.807, 2.05) is 30.6 Å². The van der Waals surface area contributed by atoms with Crippen molar-refractivity contribution in [3.63, 3.8) is 0 Å². The second kappa shape index (κ2) is 17.6. The second-order valence-corrected chi connectivity index (χ2v) is 18.4. The van der Waals surface area contributed by atoms with Gasteiger partial charge in [-0.2, -0.15) is 4.98 Å². The predicted molar refractivity (Wildman–Crippen MR) is 235 cm³/mol. The number of hydrogen-bond donors (Lipinski definition) is 4. The SMILES string of the molecule is CC[C@@H]1C(=O)N(C)c2cnc(Nc3ccc(C(=O)NC4(CCO)CCC5(CC4)CN(C(=O)[C@H]4CCN(c6cc(F)c(C7CCC(=O)NC7=O)c(F)c6)C4)C5)cc3OC)nc2N1C(C)C. The van der Waals surface area contributed by atoms with Crippen LogP contribution in [0.25, 0.3) is 0 Å². The fraction of sp³-hybridized carbons (Fsp3) is 0.543. The number of nitrogens with one attached hydrogen (secondary N) is 3. The largest absolute Gasteiger partial charge is 0.495 e. The van der Waals surface area contributed by atoms with Crippen molar-refractivity contribution in [1.29, 1.82) is 0 Å². The maximum absolute atomic E-state index is 15.3. The van der Waals surface area contributed by atoms with E-state index in [-0.39, 0.29) is 66.2 Å². The topological polar surface area (TPSA) is 190 Å². The number of hydrogen-bond acceptors (Lipinski definition) is 12. The average molecular weight is 886 g/mol. The molecule has 64 heavy (non-hydrogen) atoms. The normalized spacial score (nSPS) is 22.6. The van der Waals surface area contributed by atoms with Crippen molar-refractivity contribution in [3.05, 3.63) is 59.3 Å². The van der Waals surface area contributed by atoms with Crippen molar-refractivity contribution in [2.75, 3.05) is 67.0 Å². The van der Waals surface area contributed by atoms with Crippen molar-refractivity contribution >= 4 is 58.4 Å². The van der Waals surface area contributed by atoms with Crippen LogP contribution in [-0.2, 0) is 19.2 Å². The lowest BCUT2D eigenvalue weighted by atomic mass is 9.62. The molecule has 3 saturated heterocycles. The van der Waals surface area contributed by atoms with Gasteiger partial charge >= 0.3 is 0 Å². The van der Waals surface area contributed by atoms with E-state index in [0.717, 1.165) is 12.8 Å². The summed E-state index contributed by atoms with van der Waals surface area (Å²) in [7, 11) is 3.24. The molecular formula is C46H57F2N9O7. The number of carbonyl (C=O) groups is 5. The van der Waals surface area contributed by atoms with Crippen molar-refractivity contribution in [2.45, 2.75) is 102 Å². The third kappa shape index (κ3) is 8.31. The van der Waals surface area contributed by atoms with Crippen molar-refractivity contribution in [2.24, 2.45) is 11.3 Å². The summed E-state index contributed by atoms with van der Waals surface area (Å²) in [5.41, 5.74) is 0.765. The smallest absolute Gasteiger partial charge is 0.251 e. The molecule has 8 rings (SSSR count). The van der Waals surface area contributed by atoms with E-state index in [1.165, 1.54) is 19.2 Å². The highest BCUT2D eigenvalue weighted by Gasteiger charge is 2.52. The van der Waals surface area contributed by atoms with Crippen molar-refractivity contribution in [3.8, 4) is 5.75 Å². The number of aliphatic hydroxyl groups is 1. The number of fused-ring (bicyclic) bond motifs is 1. The molecular weight excluding hydrogens is 829 g/mol. The number of nitrogens with zero attached hydrogens (tertiary/aromatic N) is 6. The van der Waals surface area contributed by atoms with E-state index in [0.29, 0.717) is 98.4 Å². The molecule has 5 heterocycles. The average Bonchev–Trinajstić information content (AvgIpc) is 3.75. The lowest BCUT2D eigenvalue weighted by Crippen LogP contribution is -2.64. The monoisotopic (exact) mass is 885 g/mol. The lowest BCUT2D eigenvalue weighted by Gasteiger charge is -2.56. The number of likely N-dealkylation sites (tertiary alicyclic amines) is 1. The molecule has 342 valence electrons. The van der Waals surface area contributed by atoms with Crippen LogP contribution in [0.1, 0.15) is 100 Å². The molecule has 16 nitrogen and oxygen atoms in total. The number of aliphatic hydroxyl groups excluding tert-OH is 1. The first-order valence-electron chi connectivity index (χ1n) is 22.3. The van der Waals surface area contributed by atoms with Crippen LogP contribution in [-0.4, -0.2) is 114 Å². The minimum absolute atomic E-state index is 0.00607. The Morgan fingerprint density at radius 2 is 1.77 bits per heavy atom. The van der Waals surface area contributed by atoms with Gasteiger partial charge in [0, 0.05) is 80.1 Å². The molecule has 4 fully saturated rings. The molecule has 0 radical (unpaired) electrons. The van der Waals surface area contributed by atoms with Gasteiger partial charge in [0.25, 0.3) is 5.91 Å². The van der Waals surface area contributed by atoms with Gasteiger partial charge in [0.05, 0.1) is 30.8 Å². The van der Waals surface area contributed by atoms with Crippen molar-refractivity contribution in [1.82, 2.24) is 25.5 Å². The molecule has 18 heteroatoms. The highest BCUT2D eigenvalue weighted by atomic mass is 19.1. The Labute approximate surface area is 371 Å². The molecule has 4 aliphatic heterocycles. The Kier molecular flexibility index (Phi) is 12.3. The number of methoxy groups -OCH3 is 1. The van der Waals surface area contributed by atoms with Gasteiger partial charge < -0.3 is 40.1 Å². The number of carbonyl (C=O) groups excluding carboxylic acids is 5. The fourth-order valence-electron chi connectivity index (χ4n) is 10.5. The van der Waals surface area contributed by atoms with E-state index in [1.54, 1.807) is 41.2 Å². The molecule has 5 aliphatic rings. The summed E-state index contributed by atoms with van der Waals surface area (Å²) in [4.78, 5) is 81.1. The number of imide groups is 1. The molecule has 1 aromatic heterocycles. The summed E-state index contributed by atoms with van der Waals surface area (Å²) in [6.07, 6.45) is 5.98. The van der Waals surface area contributed by atoms with Gasteiger partial charge in [0.1, 0.15) is 29.1 Å². The van der Waals surface area contributed by atoms with Gasteiger partial charge in [0.2, 0.25) is 29.6 Å². The van der Waals surface area contributed by atoms with Gasteiger partial charge in [-0.15, -0.1) is 0 Å². The minimum atomic E-state index is -1.08. The minimum Gasteiger partial charge on any atom is -0.495 e. The maximum Gasteiger partial charge on any atom is 0.251 e. The van der Waals surface area contributed by atoms with E-state index in [2.05, 4.69) is 20.9 Å². The maximum atomic E-state index is 15.3. The number of ether oxygens (including phenoxy) is 1. The Morgan fingerprint density at radius 3 is 2.41 bits per heavy atom. The molecule has 4 N–H and O–H groups in total. The van der Waals surface area contributed by atoms with Gasteiger partial charge in [-0.25, -0.2) is 13.8 Å². The van der Waals surface area contributed by atoms with Gasteiger partial charge in [-0.05, 0) is 95.5 Å². The number of piperidine rings is 1. The number of halogens is 2. The van der Waals surface area contributed by atoms with Crippen LogP contribution in [0.2, 0.25) is 0 Å². The van der Waals surface area contributed by atoms with Gasteiger partial charge in [-0.3, -0.25) is 29.3 Å². The van der Waals surface area contributed by atoms with Crippen LogP contribution >= 0.6 is 0 Å². The van der Waals surface area contributed by atoms with Crippen LogP contribution in [0.5, 0.6) is 5.75 Å². The van der Waals surface area contributed by atoms with Crippen molar-refractivity contribution < 1.29 is 42.6 Å². The fourth-order valence-corrected chi connectivity index (χ4v) is 10.5. The Bertz CT molecular complexity index is 2320. The number of aromatic nitrogens is 2.